The number of carbonyl (C=O) groups is 1. The van der Waals surface area contributed by atoms with Crippen molar-refractivity contribution in [2.45, 2.75) is 95.6 Å². The van der Waals surface area contributed by atoms with E-state index in [1.54, 1.807) is 13.1 Å². The molecule has 2 aromatic carbocycles. The van der Waals surface area contributed by atoms with Gasteiger partial charge in [-0.05, 0) is 75.1 Å². The summed E-state index contributed by atoms with van der Waals surface area (Å²) in [4.78, 5) is 15.4. The second-order valence-electron chi connectivity index (χ2n) is 12.4. The second-order valence-corrected chi connectivity index (χ2v) is 14.4. The minimum absolute atomic E-state index is 0.0537. The van der Waals surface area contributed by atoms with E-state index in [9.17, 15) is 18.3 Å². The molecule has 0 saturated carbocycles. The van der Waals surface area contributed by atoms with E-state index >= 15 is 0 Å². The molecule has 1 heterocycles. The Labute approximate surface area is 260 Å². The lowest BCUT2D eigenvalue weighted by atomic mass is 9.72. The van der Waals surface area contributed by atoms with E-state index < -0.39 is 27.6 Å². The fourth-order valence-electron chi connectivity index (χ4n) is 6.73. The van der Waals surface area contributed by atoms with Crippen molar-refractivity contribution < 1.29 is 22.8 Å². The Morgan fingerprint density at radius 2 is 1.58 bits per heavy atom. The predicted octanol–water partition coefficient (Wildman–Crippen LogP) is 5.81. The average Bonchev–Trinajstić information content (AvgIpc) is 3.04. The van der Waals surface area contributed by atoms with Gasteiger partial charge >= 0.3 is 0 Å². The first-order valence-corrected chi connectivity index (χ1v) is 17.5. The lowest BCUT2D eigenvalue weighted by molar-refractivity contribution is -0.915. The molecule has 9 heteroatoms. The van der Waals surface area contributed by atoms with Crippen LogP contribution in [0.2, 0.25) is 0 Å². The van der Waals surface area contributed by atoms with Crippen LogP contribution in [0.15, 0.2) is 47.4 Å². The van der Waals surface area contributed by atoms with Gasteiger partial charge in [0.1, 0.15) is 0 Å². The van der Waals surface area contributed by atoms with Crippen molar-refractivity contribution in [3.05, 3.63) is 53.6 Å². The SMILES string of the molecule is CCCCC1(CCCC)C(O)C(c2cccc(NC(=O)C[N+](CC)(CC)CC)c2)c2cc(N(C)C)ccc2S(=O)(=O)N1C. The predicted molar refractivity (Wildman–Crippen MR) is 177 cm³/mol. The van der Waals surface area contributed by atoms with Crippen LogP contribution < -0.4 is 10.2 Å². The van der Waals surface area contributed by atoms with Gasteiger partial charge in [-0.3, -0.25) is 4.79 Å². The zero-order chi connectivity index (χ0) is 32.0. The zero-order valence-corrected chi connectivity index (χ0v) is 28.5. The summed E-state index contributed by atoms with van der Waals surface area (Å²) in [5.74, 6) is -0.668. The quantitative estimate of drug-likeness (QED) is 0.262. The van der Waals surface area contributed by atoms with Crippen molar-refractivity contribution in [2.75, 3.05) is 57.5 Å². The minimum Gasteiger partial charge on any atom is -0.390 e. The summed E-state index contributed by atoms with van der Waals surface area (Å²) in [6.07, 6.45) is 3.51. The number of benzene rings is 2. The van der Waals surface area contributed by atoms with E-state index in [1.807, 2.05) is 55.4 Å². The van der Waals surface area contributed by atoms with Gasteiger partial charge in [0.2, 0.25) is 10.0 Å². The normalized spacial score (nSPS) is 19.8. The number of carbonyl (C=O) groups excluding carboxylic acids is 1. The molecule has 240 valence electrons. The number of hydrogen-bond acceptors (Lipinski definition) is 5. The van der Waals surface area contributed by atoms with Crippen LogP contribution in [0.1, 0.15) is 90.2 Å². The Morgan fingerprint density at radius 3 is 2.12 bits per heavy atom. The first-order valence-electron chi connectivity index (χ1n) is 16.1. The summed E-state index contributed by atoms with van der Waals surface area (Å²) < 4.78 is 30.9. The van der Waals surface area contributed by atoms with Crippen molar-refractivity contribution in [1.29, 1.82) is 0 Å². The molecular weight excluding hydrogens is 560 g/mol. The van der Waals surface area contributed by atoms with Gasteiger partial charge in [0.15, 0.2) is 6.54 Å². The molecule has 8 nitrogen and oxygen atoms in total. The Hall–Kier alpha value is -2.46. The first kappa shape index (κ1) is 35.0. The molecule has 0 bridgehead atoms. The number of quaternary nitrogens is 1. The summed E-state index contributed by atoms with van der Waals surface area (Å²) in [5, 5.41) is 15.7. The smallest absolute Gasteiger partial charge is 0.279 e. The largest absolute Gasteiger partial charge is 0.390 e. The maximum Gasteiger partial charge on any atom is 0.279 e. The van der Waals surface area contributed by atoms with Crippen LogP contribution in [-0.2, 0) is 14.8 Å². The number of unbranched alkanes of at least 4 members (excludes halogenated alkanes) is 2. The monoisotopic (exact) mass is 615 g/mol. The third-order valence-corrected chi connectivity index (χ3v) is 11.9. The van der Waals surface area contributed by atoms with E-state index in [0.29, 0.717) is 35.1 Å². The van der Waals surface area contributed by atoms with E-state index in [1.165, 1.54) is 4.31 Å². The highest BCUT2D eigenvalue weighted by Crippen LogP contribution is 2.48. The Balaban J connectivity index is 2.23. The molecule has 2 aromatic rings. The summed E-state index contributed by atoms with van der Waals surface area (Å²) in [5.41, 5.74) is 1.90. The van der Waals surface area contributed by atoms with Gasteiger partial charge in [-0.15, -0.1) is 0 Å². The molecule has 0 aliphatic carbocycles. The van der Waals surface area contributed by atoms with Gasteiger partial charge in [-0.1, -0.05) is 51.7 Å². The standard InChI is InChI=1S/C34H54N4O4S/c1-9-14-21-34(22-15-10-2)33(40)32(29-24-28(36(6)7)19-20-30(29)43(41,42)37(34)8)26-17-16-18-27(23-26)35-31(39)25-38(11-3,12-4)13-5/h16-20,23-24,32-33,40H,9-15,21-22,25H2,1-8H3/p+1. The van der Waals surface area contributed by atoms with Crippen LogP contribution >= 0.6 is 0 Å². The lowest BCUT2D eigenvalue weighted by Gasteiger charge is -2.45. The summed E-state index contributed by atoms with van der Waals surface area (Å²) in [6.45, 7) is 13.5. The molecule has 3 rings (SSSR count). The Kier molecular flexibility index (Phi) is 11.8. The lowest BCUT2D eigenvalue weighted by Crippen LogP contribution is -2.57. The molecule has 2 unspecified atom stereocenters. The fourth-order valence-corrected chi connectivity index (χ4v) is 8.52. The number of fused-ring (bicyclic) bond motifs is 1. The molecular formula is C34H55N4O4S+. The summed E-state index contributed by atoms with van der Waals surface area (Å²) in [6, 6.07) is 13.0. The molecule has 0 spiro atoms. The average molecular weight is 616 g/mol. The summed E-state index contributed by atoms with van der Waals surface area (Å²) in [7, 11) is 1.58. The number of rotatable bonds is 14. The van der Waals surface area contributed by atoms with Crippen LogP contribution in [0, 0.1) is 0 Å². The number of aliphatic hydroxyl groups is 1. The number of anilines is 2. The van der Waals surface area contributed by atoms with Gasteiger partial charge in [0.05, 0.1) is 36.2 Å². The molecule has 1 aliphatic rings. The van der Waals surface area contributed by atoms with Crippen molar-refractivity contribution in [2.24, 2.45) is 0 Å². The van der Waals surface area contributed by atoms with Gasteiger partial charge in [-0.2, -0.15) is 4.31 Å². The van der Waals surface area contributed by atoms with Crippen LogP contribution in [0.3, 0.4) is 0 Å². The van der Waals surface area contributed by atoms with Crippen molar-refractivity contribution in [3.8, 4) is 0 Å². The number of aliphatic hydroxyl groups excluding tert-OH is 1. The topological polar surface area (TPSA) is 90.0 Å². The van der Waals surface area contributed by atoms with Crippen LogP contribution in [0.25, 0.3) is 0 Å². The fraction of sp³-hybridized carbons (Fsp3) is 0.618. The number of likely N-dealkylation sites (N-methyl/N-ethyl adjacent to an activating group) is 2. The van der Waals surface area contributed by atoms with Crippen molar-refractivity contribution >= 4 is 27.3 Å². The number of amides is 1. The van der Waals surface area contributed by atoms with Gasteiger partial charge < -0.3 is 19.8 Å². The third-order valence-electron chi connectivity index (χ3n) is 9.92. The molecule has 2 N–H and O–H groups in total. The zero-order valence-electron chi connectivity index (χ0n) is 27.7. The third kappa shape index (κ3) is 7.11. The van der Waals surface area contributed by atoms with Gasteiger partial charge in [0, 0.05) is 38.4 Å². The molecule has 0 radical (unpaired) electrons. The second kappa shape index (κ2) is 14.5. The number of nitrogens with zero attached hydrogens (tertiary/aromatic N) is 3. The van der Waals surface area contributed by atoms with Crippen LogP contribution in [-0.4, -0.2) is 87.2 Å². The molecule has 0 fully saturated rings. The number of nitrogens with one attached hydrogen (secondary N) is 1. The number of sulfonamides is 1. The molecule has 1 amide bonds. The van der Waals surface area contributed by atoms with E-state index in [0.717, 1.165) is 56.6 Å². The minimum atomic E-state index is -3.92. The van der Waals surface area contributed by atoms with E-state index in [4.69, 9.17) is 0 Å². The Morgan fingerprint density at radius 1 is 0.977 bits per heavy atom. The molecule has 1 aliphatic heterocycles. The van der Waals surface area contributed by atoms with Crippen LogP contribution in [0.4, 0.5) is 11.4 Å². The maximum absolute atomic E-state index is 14.3. The van der Waals surface area contributed by atoms with Crippen molar-refractivity contribution in [1.82, 2.24) is 4.31 Å². The van der Waals surface area contributed by atoms with E-state index in [2.05, 4.69) is 39.9 Å². The highest BCUT2D eigenvalue weighted by Gasteiger charge is 2.53. The molecule has 0 saturated heterocycles. The van der Waals surface area contributed by atoms with Crippen molar-refractivity contribution in [3.63, 3.8) is 0 Å². The van der Waals surface area contributed by atoms with E-state index in [-0.39, 0.29) is 10.8 Å². The highest BCUT2D eigenvalue weighted by molar-refractivity contribution is 7.89. The molecule has 43 heavy (non-hydrogen) atoms. The Bertz CT molecular complexity index is 1320. The number of hydrogen-bond donors (Lipinski definition) is 2. The van der Waals surface area contributed by atoms with Crippen LogP contribution in [0.5, 0.6) is 0 Å². The molecule has 0 aromatic heterocycles. The van der Waals surface area contributed by atoms with Gasteiger partial charge in [0.25, 0.3) is 5.91 Å². The van der Waals surface area contributed by atoms with Gasteiger partial charge in [-0.25, -0.2) is 8.42 Å². The molecule has 2 atom stereocenters. The highest BCUT2D eigenvalue weighted by atomic mass is 32.2. The first-order chi connectivity index (χ1) is 20.4. The summed E-state index contributed by atoms with van der Waals surface area (Å²) >= 11 is 0. The maximum atomic E-state index is 14.3.